The molecule has 0 saturated heterocycles. The van der Waals surface area contributed by atoms with Gasteiger partial charge < -0.3 is 29.6 Å². The number of hydrogen-bond donors (Lipinski definition) is 0. The fourth-order valence-electron chi connectivity index (χ4n) is 0.118. The molecule has 0 rings (SSSR count). The quantitative estimate of drug-likeness (QED) is 0.188. The van der Waals surface area contributed by atoms with Gasteiger partial charge in [0.25, 0.3) is 0 Å². The topological polar surface area (TPSA) is 9.23 Å². The zero-order chi connectivity index (χ0) is 4.99. The van der Waals surface area contributed by atoms with Crippen LogP contribution >= 0.6 is 12.2 Å². The van der Waals surface area contributed by atoms with Crippen molar-refractivity contribution >= 4 is 29.2 Å². The monoisotopic (exact) mass is 161 g/mol. The summed E-state index contributed by atoms with van der Waals surface area (Å²) in [4.78, 5) is 0. The first kappa shape index (κ1) is 11.5. The molecule has 0 aliphatic heterocycles. The van der Waals surface area contributed by atoms with Crippen LogP contribution in [0.2, 0.25) is 0 Å². The van der Waals surface area contributed by atoms with Crippen LogP contribution < -0.4 is 51.4 Å². The average molecular weight is 161 g/mol. The molecule has 0 spiro atoms. The first-order valence-corrected chi connectivity index (χ1v) is 2.42. The standard InChI is InChI=1S/C3H6OS2.K/c1-2-4-3(5)6;/h2H2,1H3,(H,5,6);/q;+1/p-1/i3+1;. The van der Waals surface area contributed by atoms with E-state index in [2.05, 4.69) is 29.6 Å². The summed E-state index contributed by atoms with van der Waals surface area (Å²) < 4.78 is 4.79. The summed E-state index contributed by atoms with van der Waals surface area (Å²) in [5.41, 5.74) is 0. The molecule has 0 radical (unpaired) electrons. The Kier molecular flexibility index (Phi) is 12.8. The van der Waals surface area contributed by atoms with Crippen LogP contribution in [0.25, 0.3) is 0 Å². The van der Waals surface area contributed by atoms with Crippen LogP contribution in [0.3, 0.4) is 0 Å². The van der Waals surface area contributed by atoms with Gasteiger partial charge in [0, 0.05) is 4.38 Å². The van der Waals surface area contributed by atoms with E-state index in [-0.39, 0.29) is 55.8 Å². The van der Waals surface area contributed by atoms with Gasteiger partial charge in [-0.15, -0.1) is 0 Å². The Labute approximate surface area is 97.0 Å². The second-order valence-corrected chi connectivity index (χ2v) is 1.68. The molecule has 0 atom stereocenters. The second-order valence-electron chi connectivity index (χ2n) is 0.683. The molecule has 0 aromatic rings. The summed E-state index contributed by atoms with van der Waals surface area (Å²) in [5, 5.41) is 0. The van der Waals surface area contributed by atoms with E-state index in [1.54, 1.807) is 0 Å². The van der Waals surface area contributed by atoms with E-state index >= 15 is 0 Å². The number of hydrogen-bond acceptors (Lipinski definition) is 3. The smallest absolute Gasteiger partial charge is 0.514 e. The minimum atomic E-state index is 0. The Balaban J connectivity index is 0. The second kappa shape index (κ2) is 7.75. The Morgan fingerprint density at radius 2 is 2.29 bits per heavy atom. The molecule has 0 N–H and O–H groups in total. The fraction of sp³-hybridized carbons (Fsp3) is 0.667. The number of thiocarbonyl (C=S) groups is 1. The van der Waals surface area contributed by atoms with Crippen molar-refractivity contribution in [3.8, 4) is 0 Å². The van der Waals surface area contributed by atoms with Crippen molar-refractivity contribution in [2.45, 2.75) is 6.92 Å². The molecule has 0 bridgehead atoms. The molecule has 0 aliphatic carbocycles. The predicted octanol–water partition coefficient (Wildman–Crippen LogP) is -2.14. The molecule has 0 aromatic carbocycles. The summed E-state index contributed by atoms with van der Waals surface area (Å²) in [6.45, 7) is 2.43. The van der Waals surface area contributed by atoms with Gasteiger partial charge in [-0.2, -0.15) is 0 Å². The molecule has 0 saturated carbocycles. The van der Waals surface area contributed by atoms with Crippen molar-refractivity contribution in [3.63, 3.8) is 0 Å². The van der Waals surface area contributed by atoms with Gasteiger partial charge in [-0.1, -0.05) is 0 Å². The largest absolute Gasteiger partial charge is 1.00 e. The normalized spacial score (nSPS) is 6.43. The zero-order valence-electron chi connectivity index (χ0n) is 4.43. The van der Waals surface area contributed by atoms with Gasteiger partial charge in [0.05, 0.1) is 6.61 Å². The van der Waals surface area contributed by atoms with Gasteiger partial charge in [0.2, 0.25) is 0 Å². The van der Waals surface area contributed by atoms with Crippen molar-refractivity contribution in [1.29, 1.82) is 0 Å². The molecule has 0 unspecified atom stereocenters. The van der Waals surface area contributed by atoms with Crippen LogP contribution in [-0.2, 0) is 17.4 Å². The van der Waals surface area contributed by atoms with Gasteiger partial charge >= 0.3 is 51.4 Å². The Hall–Kier alpha value is 1.75. The molecule has 0 heterocycles. The van der Waals surface area contributed by atoms with E-state index in [4.69, 9.17) is 0 Å². The average Bonchev–Trinajstić information content (AvgIpc) is 1.35. The van der Waals surface area contributed by atoms with E-state index < -0.39 is 0 Å². The number of rotatable bonds is 1. The Bertz CT molecular complexity index is 56.9. The third kappa shape index (κ3) is 11.4. The van der Waals surface area contributed by atoms with Crippen molar-refractivity contribution in [2.75, 3.05) is 6.61 Å². The minimum absolute atomic E-state index is 0. The summed E-state index contributed by atoms with van der Waals surface area (Å²) in [6.07, 6.45) is 0. The Morgan fingerprint density at radius 3 is 2.29 bits per heavy atom. The van der Waals surface area contributed by atoms with Crippen LogP contribution in [0, 0.1) is 0 Å². The van der Waals surface area contributed by atoms with Crippen molar-refractivity contribution < 1.29 is 56.1 Å². The van der Waals surface area contributed by atoms with Crippen molar-refractivity contribution in [2.24, 2.45) is 0 Å². The minimum Gasteiger partial charge on any atom is -0.514 e. The van der Waals surface area contributed by atoms with Crippen molar-refractivity contribution in [3.05, 3.63) is 0 Å². The van der Waals surface area contributed by atoms with E-state index in [1.807, 2.05) is 6.92 Å². The molecule has 1 nitrogen and oxygen atoms in total. The van der Waals surface area contributed by atoms with E-state index in [1.165, 1.54) is 0 Å². The van der Waals surface area contributed by atoms with Crippen LogP contribution in [-0.4, -0.2) is 11.0 Å². The third-order valence-electron chi connectivity index (χ3n) is 0.262. The molecule has 0 aliphatic rings. The SMILES string of the molecule is CCO[13C](=S)[S-].[K+]. The summed E-state index contributed by atoms with van der Waals surface area (Å²) in [6, 6.07) is 0. The first-order chi connectivity index (χ1) is 2.77. The number of ether oxygens (including phenoxy) is 1. The van der Waals surface area contributed by atoms with Crippen LogP contribution in [0.1, 0.15) is 6.92 Å². The molecule has 4 heteroatoms. The predicted molar refractivity (Wildman–Crippen MR) is 31.6 cm³/mol. The molecule has 36 valence electrons. The van der Waals surface area contributed by atoms with Crippen LogP contribution in [0.4, 0.5) is 0 Å². The molecule has 0 amide bonds. The van der Waals surface area contributed by atoms with Gasteiger partial charge in [0.1, 0.15) is 0 Å². The van der Waals surface area contributed by atoms with Gasteiger partial charge in [-0.3, -0.25) is 0 Å². The molecular weight excluding hydrogens is 156 g/mol. The summed E-state index contributed by atoms with van der Waals surface area (Å²) >= 11 is 8.77. The van der Waals surface area contributed by atoms with Gasteiger partial charge in [0.15, 0.2) is 0 Å². The van der Waals surface area contributed by atoms with E-state index in [0.717, 1.165) is 0 Å². The fourth-order valence-corrected chi connectivity index (χ4v) is 0.354. The summed E-state index contributed by atoms with van der Waals surface area (Å²) in [7, 11) is 0. The summed E-state index contributed by atoms with van der Waals surface area (Å²) in [5.74, 6) is 0. The van der Waals surface area contributed by atoms with Crippen molar-refractivity contribution in [1.82, 2.24) is 0 Å². The zero-order valence-corrected chi connectivity index (χ0v) is 9.19. The maximum Gasteiger partial charge on any atom is 1.00 e. The first-order valence-electron chi connectivity index (χ1n) is 1.61. The molecular formula is C3H5KOS2. The van der Waals surface area contributed by atoms with Gasteiger partial charge in [-0.25, -0.2) is 0 Å². The Morgan fingerprint density at radius 1 is 1.86 bits per heavy atom. The maximum atomic E-state index is 4.59. The van der Waals surface area contributed by atoms with Crippen LogP contribution in [0.5, 0.6) is 0 Å². The molecule has 0 fully saturated rings. The molecule has 0 aromatic heterocycles. The van der Waals surface area contributed by atoms with E-state index in [0.29, 0.717) is 6.61 Å². The third-order valence-corrected chi connectivity index (χ3v) is 0.498. The molecule has 7 heavy (non-hydrogen) atoms. The maximum absolute atomic E-state index is 4.59. The van der Waals surface area contributed by atoms with Gasteiger partial charge in [-0.05, 0) is 6.92 Å². The van der Waals surface area contributed by atoms with E-state index in [9.17, 15) is 0 Å². The van der Waals surface area contributed by atoms with Crippen LogP contribution in [0.15, 0.2) is 0 Å².